The van der Waals surface area contributed by atoms with E-state index in [1.165, 1.54) is 16.7 Å². The molecule has 0 atom stereocenters. The minimum Gasteiger partial charge on any atom is -0.497 e. The van der Waals surface area contributed by atoms with Crippen molar-refractivity contribution >= 4 is 11.4 Å². The monoisotopic (exact) mass is 317 g/mol. The second-order valence-electron chi connectivity index (χ2n) is 5.65. The number of hydrogen-bond acceptors (Lipinski definition) is 1. The summed E-state index contributed by atoms with van der Waals surface area (Å²) >= 11 is 0. The summed E-state index contributed by atoms with van der Waals surface area (Å²) in [6.45, 7) is 2.14. The van der Waals surface area contributed by atoms with Crippen molar-refractivity contribution in [2.75, 3.05) is 14.2 Å². The van der Waals surface area contributed by atoms with Crippen LogP contribution in [0.4, 0.5) is 0 Å². The SMILES string of the molecule is COc1ccc(C(=C2C=CC(=[O+]C)C=C2)c2ccccc2C)cc1. The van der Waals surface area contributed by atoms with Gasteiger partial charge in [0.1, 0.15) is 5.75 Å². The van der Waals surface area contributed by atoms with Gasteiger partial charge in [-0.2, -0.15) is 0 Å². The number of carbonyl (C=O) groups excluding carboxylic acids is 1. The van der Waals surface area contributed by atoms with Gasteiger partial charge in [-0.1, -0.05) is 36.4 Å². The number of allylic oxidation sites excluding steroid dienone is 5. The number of methoxy groups -OCH3 is 1. The zero-order valence-corrected chi connectivity index (χ0v) is 14.2. The van der Waals surface area contributed by atoms with Gasteiger partial charge in [0.2, 0.25) is 0 Å². The average molecular weight is 317 g/mol. The van der Waals surface area contributed by atoms with Crippen molar-refractivity contribution in [2.45, 2.75) is 6.92 Å². The molecule has 2 aromatic rings. The van der Waals surface area contributed by atoms with Crippen LogP contribution >= 0.6 is 0 Å². The molecular formula is C22H21O2+. The van der Waals surface area contributed by atoms with Crippen molar-refractivity contribution in [1.82, 2.24) is 0 Å². The van der Waals surface area contributed by atoms with Crippen LogP contribution in [0.5, 0.6) is 5.75 Å². The van der Waals surface area contributed by atoms with E-state index < -0.39 is 0 Å². The third-order valence-electron chi connectivity index (χ3n) is 4.17. The van der Waals surface area contributed by atoms with E-state index in [4.69, 9.17) is 9.16 Å². The Labute approximate surface area is 143 Å². The molecule has 3 rings (SSSR count). The Morgan fingerprint density at radius 3 is 2.12 bits per heavy atom. The molecule has 2 nitrogen and oxygen atoms in total. The van der Waals surface area contributed by atoms with E-state index >= 15 is 0 Å². The normalized spacial score (nSPS) is 13.1. The maximum atomic E-state index is 5.29. The van der Waals surface area contributed by atoms with Gasteiger partial charge in [0, 0.05) is 12.2 Å². The molecular weight excluding hydrogens is 296 g/mol. The Morgan fingerprint density at radius 2 is 1.54 bits per heavy atom. The molecule has 120 valence electrons. The second kappa shape index (κ2) is 7.14. The van der Waals surface area contributed by atoms with Crippen molar-refractivity contribution in [3.8, 4) is 5.75 Å². The predicted octanol–water partition coefficient (Wildman–Crippen LogP) is 4.67. The molecule has 0 saturated heterocycles. The van der Waals surface area contributed by atoms with E-state index in [0.717, 1.165) is 22.7 Å². The highest BCUT2D eigenvalue weighted by Crippen LogP contribution is 2.32. The van der Waals surface area contributed by atoms with Crippen LogP contribution < -0.4 is 4.74 Å². The van der Waals surface area contributed by atoms with Crippen LogP contribution in [0.1, 0.15) is 16.7 Å². The molecule has 0 aromatic heterocycles. The molecule has 0 spiro atoms. The fourth-order valence-corrected chi connectivity index (χ4v) is 2.85. The number of rotatable bonds is 3. The van der Waals surface area contributed by atoms with Crippen LogP contribution in [0.15, 0.2) is 78.4 Å². The summed E-state index contributed by atoms with van der Waals surface area (Å²) in [5, 5.41) is 0. The summed E-state index contributed by atoms with van der Waals surface area (Å²) in [4.78, 5) is 0. The Bertz CT molecular complexity index is 832. The minimum atomic E-state index is 0.859. The molecule has 0 radical (unpaired) electrons. The van der Waals surface area contributed by atoms with Gasteiger partial charge in [0.05, 0.1) is 7.11 Å². The highest BCUT2D eigenvalue weighted by atomic mass is 16.5. The Kier molecular flexibility index (Phi) is 4.76. The molecule has 24 heavy (non-hydrogen) atoms. The minimum absolute atomic E-state index is 0.859. The maximum absolute atomic E-state index is 5.29. The van der Waals surface area contributed by atoms with Gasteiger partial charge >= 0.3 is 5.78 Å². The van der Waals surface area contributed by atoms with Crippen LogP contribution in [0.25, 0.3) is 5.57 Å². The lowest BCUT2D eigenvalue weighted by molar-refractivity contribution is -0.417. The molecule has 0 aliphatic heterocycles. The number of aryl methyl sites for hydroxylation is 1. The molecule has 2 aromatic carbocycles. The number of ketones is 1. The quantitative estimate of drug-likeness (QED) is 0.754. The van der Waals surface area contributed by atoms with Crippen molar-refractivity contribution in [1.29, 1.82) is 0 Å². The van der Waals surface area contributed by atoms with E-state index in [9.17, 15) is 0 Å². The van der Waals surface area contributed by atoms with Crippen LogP contribution in [0.2, 0.25) is 0 Å². The van der Waals surface area contributed by atoms with Gasteiger partial charge in [0.25, 0.3) is 7.11 Å². The van der Waals surface area contributed by atoms with Gasteiger partial charge in [0.15, 0.2) is 0 Å². The smallest absolute Gasteiger partial charge is 0.343 e. The molecule has 1 aliphatic carbocycles. The van der Waals surface area contributed by atoms with E-state index in [0.29, 0.717) is 0 Å². The van der Waals surface area contributed by atoms with E-state index in [-0.39, 0.29) is 0 Å². The van der Waals surface area contributed by atoms with Gasteiger partial charge < -0.3 is 4.74 Å². The molecule has 0 unspecified atom stereocenters. The van der Waals surface area contributed by atoms with Gasteiger partial charge in [-0.05, 0) is 59.0 Å². The predicted molar refractivity (Wildman–Crippen MR) is 99.4 cm³/mol. The summed E-state index contributed by atoms with van der Waals surface area (Å²) in [5.41, 5.74) is 6.01. The van der Waals surface area contributed by atoms with Crippen LogP contribution in [0.3, 0.4) is 0 Å². The molecule has 0 heterocycles. The summed E-state index contributed by atoms with van der Waals surface area (Å²) in [7, 11) is 3.37. The van der Waals surface area contributed by atoms with Crippen molar-refractivity contribution < 1.29 is 9.16 Å². The first-order valence-corrected chi connectivity index (χ1v) is 7.94. The third-order valence-corrected chi connectivity index (χ3v) is 4.17. The van der Waals surface area contributed by atoms with Gasteiger partial charge in [-0.25, -0.2) is 0 Å². The van der Waals surface area contributed by atoms with E-state index in [2.05, 4.69) is 55.5 Å². The number of ether oxygens (including phenoxy) is 1. The molecule has 0 N–H and O–H groups in total. The average Bonchev–Trinajstić information content (AvgIpc) is 2.64. The molecule has 0 saturated carbocycles. The first kappa shape index (κ1) is 16.0. The van der Waals surface area contributed by atoms with Crippen molar-refractivity contribution in [2.24, 2.45) is 0 Å². The van der Waals surface area contributed by atoms with Crippen molar-refractivity contribution in [3.63, 3.8) is 0 Å². The first-order valence-electron chi connectivity index (χ1n) is 7.94. The second-order valence-corrected chi connectivity index (χ2v) is 5.65. The lowest BCUT2D eigenvalue weighted by Gasteiger charge is -2.15. The largest absolute Gasteiger partial charge is 0.497 e. The third kappa shape index (κ3) is 3.23. The molecule has 0 bridgehead atoms. The summed E-state index contributed by atoms with van der Waals surface area (Å²) in [6.07, 6.45) is 8.20. The van der Waals surface area contributed by atoms with Crippen molar-refractivity contribution in [3.05, 3.63) is 95.1 Å². The summed E-state index contributed by atoms with van der Waals surface area (Å²) in [6, 6.07) is 16.7. The van der Waals surface area contributed by atoms with Crippen LogP contribution in [-0.4, -0.2) is 20.0 Å². The fraction of sp³-hybridized carbons (Fsp3) is 0.136. The fourth-order valence-electron chi connectivity index (χ4n) is 2.85. The first-order chi connectivity index (χ1) is 11.7. The van der Waals surface area contributed by atoms with E-state index in [1.807, 2.05) is 24.3 Å². The molecule has 1 aliphatic rings. The standard InChI is InChI=1S/C22H21O2/c1-16-6-4-5-7-21(16)22(17-8-12-19(23-2)13-9-17)18-10-14-20(24-3)15-11-18/h4-15H,1-3H3/q+1. The summed E-state index contributed by atoms with van der Waals surface area (Å²) in [5.74, 6) is 1.72. The topological polar surface area (TPSA) is 20.5 Å². The Hall–Kier alpha value is -2.87. The van der Waals surface area contributed by atoms with Gasteiger partial charge in [-0.3, -0.25) is 4.42 Å². The molecule has 0 fully saturated rings. The Balaban J connectivity index is 2.19. The van der Waals surface area contributed by atoms with Crippen LogP contribution in [-0.2, 0) is 4.42 Å². The lowest BCUT2D eigenvalue weighted by atomic mass is 9.88. The number of benzene rings is 2. The van der Waals surface area contributed by atoms with Crippen LogP contribution in [0, 0.1) is 6.92 Å². The lowest BCUT2D eigenvalue weighted by Crippen LogP contribution is -2.00. The molecule has 0 amide bonds. The zero-order chi connectivity index (χ0) is 16.9. The van der Waals surface area contributed by atoms with E-state index in [1.54, 1.807) is 14.2 Å². The molecule has 2 heteroatoms. The number of hydrogen-bond donors (Lipinski definition) is 0. The summed E-state index contributed by atoms with van der Waals surface area (Å²) < 4.78 is 10.6. The Morgan fingerprint density at radius 1 is 0.875 bits per heavy atom. The highest BCUT2D eigenvalue weighted by molar-refractivity contribution is 6.03. The zero-order valence-electron chi connectivity index (χ0n) is 14.2. The maximum Gasteiger partial charge on any atom is 0.343 e. The van der Waals surface area contributed by atoms with Gasteiger partial charge in [-0.15, -0.1) is 0 Å². The highest BCUT2D eigenvalue weighted by Gasteiger charge is 2.15.